The maximum Gasteiger partial charge on any atom is 0.305 e. The number of hydrogen-bond donors (Lipinski definition) is 0. The number of carbonyl (C=O) groups is 1. The first-order chi connectivity index (χ1) is 11.0. The lowest BCUT2D eigenvalue weighted by molar-refractivity contribution is -0.140. The molecule has 0 radical (unpaired) electrons. The molecule has 7 heteroatoms. The normalized spacial score (nSPS) is 24.7. The average molecular weight is 315 g/mol. The minimum absolute atomic E-state index is 0.250. The van der Waals surface area contributed by atoms with Crippen LogP contribution < -0.4 is 4.90 Å². The zero-order chi connectivity index (χ0) is 16.2. The van der Waals surface area contributed by atoms with Gasteiger partial charge in [0.05, 0.1) is 13.5 Å². The molecule has 2 fully saturated rings. The molecule has 2 aromatic rings. The van der Waals surface area contributed by atoms with E-state index in [9.17, 15) is 4.79 Å². The number of piperidine rings is 1. The van der Waals surface area contributed by atoms with Crippen LogP contribution in [0.1, 0.15) is 26.1 Å². The number of methoxy groups -OCH3 is 1. The molecule has 0 amide bonds. The van der Waals surface area contributed by atoms with Gasteiger partial charge in [0.1, 0.15) is 5.82 Å². The molecule has 2 aliphatic rings. The van der Waals surface area contributed by atoms with Gasteiger partial charge in [0.2, 0.25) is 0 Å². The van der Waals surface area contributed by atoms with Crippen LogP contribution in [0, 0.1) is 17.3 Å². The van der Waals surface area contributed by atoms with Crippen LogP contribution in [0.4, 0.5) is 5.82 Å². The highest BCUT2D eigenvalue weighted by atomic mass is 16.5. The number of fused-ring (bicyclic) bond motifs is 2. The fourth-order valence-corrected chi connectivity index (χ4v) is 3.78. The Bertz CT molecular complexity index is 755. The van der Waals surface area contributed by atoms with Crippen molar-refractivity contribution in [2.24, 2.45) is 17.3 Å². The van der Waals surface area contributed by atoms with Crippen LogP contribution in [0.25, 0.3) is 5.65 Å². The average Bonchev–Trinajstić information content (AvgIpc) is 3.00. The van der Waals surface area contributed by atoms with E-state index < -0.39 is 0 Å². The Morgan fingerprint density at radius 2 is 2.04 bits per heavy atom. The molecule has 0 aromatic carbocycles. The van der Waals surface area contributed by atoms with Gasteiger partial charge in [-0.25, -0.2) is 0 Å². The van der Waals surface area contributed by atoms with Crippen LogP contribution >= 0.6 is 0 Å². The highest BCUT2D eigenvalue weighted by Crippen LogP contribution is 2.62. The fraction of sp³-hybridized carbons (Fsp3) is 0.625. The molecule has 1 aliphatic carbocycles. The third kappa shape index (κ3) is 2.26. The summed E-state index contributed by atoms with van der Waals surface area (Å²) in [5.74, 6) is 2.95. The number of rotatable bonds is 4. The molecule has 2 unspecified atom stereocenters. The predicted octanol–water partition coefficient (Wildman–Crippen LogP) is 1.32. The molecule has 0 bridgehead atoms. The lowest BCUT2D eigenvalue weighted by atomic mass is 10.1. The van der Waals surface area contributed by atoms with E-state index in [1.165, 1.54) is 7.11 Å². The Balaban J connectivity index is 1.54. The predicted molar refractivity (Wildman–Crippen MR) is 84.1 cm³/mol. The maximum atomic E-state index is 11.3. The van der Waals surface area contributed by atoms with Crippen molar-refractivity contribution in [1.29, 1.82) is 0 Å². The summed E-state index contributed by atoms with van der Waals surface area (Å²) in [6.45, 7) is 6.83. The van der Waals surface area contributed by atoms with Gasteiger partial charge in [-0.3, -0.25) is 4.79 Å². The fourth-order valence-electron chi connectivity index (χ4n) is 3.78. The van der Waals surface area contributed by atoms with E-state index in [0.29, 0.717) is 23.3 Å². The molecule has 23 heavy (non-hydrogen) atoms. The summed E-state index contributed by atoms with van der Waals surface area (Å²) < 4.78 is 6.42. The summed E-state index contributed by atoms with van der Waals surface area (Å²) in [5, 5.41) is 12.9. The Hall–Kier alpha value is -2.18. The van der Waals surface area contributed by atoms with Crippen molar-refractivity contribution in [2.75, 3.05) is 25.1 Å². The van der Waals surface area contributed by atoms with Gasteiger partial charge in [0.25, 0.3) is 0 Å². The first-order valence-corrected chi connectivity index (χ1v) is 8.04. The minimum atomic E-state index is -0.250. The van der Waals surface area contributed by atoms with E-state index >= 15 is 0 Å². The number of anilines is 1. The summed E-state index contributed by atoms with van der Waals surface area (Å²) in [6.07, 6.45) is 0.758. The van der Waals surface area contributed by atoms with Crippen LogP contribution in [0.15, 0.2) is 12.1 Å². The molecule has 122 valence electrons. The van der Waals surface area contributed by atoms with Gasteiger partial charge in [0.15, 0.2) is 11.5 Å². The van der Waals surface area contributed by atoms with Crippen molar-refractivity contribution in [3.8, 4) is 0 Å². The third-order valence-electron chi connectivity index (χ3n) is 5.54. The monoisotopic (exact) mass is 315 g/mol. The van der Waals surface area contributed by atoms with Crippen molar-refractivity contribution in [3.63, 3.8) is 0 Å². The Morgan fingerprint density at radius 3 is 2.74 bits per heavy atom. The van der Waals surface area contributed by atoms with Crippen LogP contribution in [0.2, 0.25) is 0 Å². The zero-order valence-electron chi connectivity index (χ0n) is 13.7. The Labute approximate surface area is 134 Å². The number of carbonyl (C=O) groups excluding carboxylic acids is 1. The quantitative estimate of drug-likeness (QED) is 0.792. The van der Waals surface area contributed by atoms with Crippen molar-refractivity contribution < 1.29 is 9.53 Å². The maximum absolute atomic E-state index is 11.3. The molecular weight excluding hydrogens is 294 g/mol. The number of esters is 1. The highest BCUT2D eigenvalue weighted by Gasteiger charge is 2.62. The molecule has 1 saturated heterocycles. The number of nitrogens with zero attached hydrogens (tertiary/aromatic N) is 5. The zero-order valence-corrected chi connectivity index (χ0v) is 13.7. The summed E-state index contributed by atoms with van der Waals surface area (Å²) in [4.78, 5) is 13.7. The number of ether oxygens (including phenoxy) is 1. The molecule has 7 nitrogen and oxygen atoms in total. The smallest absolute Gasteiger partial charge is 0.305 e. The van der Waals surface area contributed by atoms with Gasteiger partial charge in [-0.05, 0) is 29.4 Å². The lowest BCUT2D eigenvalue weighted by Gasteiger charge is -2.22. The Morgan fingerprint density at radius 1 is 1.30 bits per heavy atom. The third-order valence-corrected chi connectivity index (χ3v) is 5.54. The van der Waals surface area contributed by atoms with Crippen LogP contribution in [-0.4, -0.2) is 46.0 Å². The summed E-state index contributed by atoms with van der Waals surface area (Å²) >= 11 is 0. The second-order valence-corrected chi connectivity index (χ2v) is 7.09. The topological polar surface area (TPSA) is 72.6 Å². The Kier molecular flexibility index (Phi) is 3.08. The highest BCUT2D eigenvalue weighted by molar-refractivity contribution is 5.69. The summed E-state index contributed by atoms with van der Waals surface area (Å²) in [6, 6.07) is 3.94. The molecule has 3 heterocycles. The van der Waals surface area contributed by atoms with Crippen molar-refractivity contribution in [2.45, 2.75) is 26.7 Å². The van der Waals surface area contributed by atoms with E-state index in [1.54, 1.807) is 4.52 Å². The number of aryl methyl sites for hydroxylation is 1. The van der Waals surface area contributed by atoms with Gasteiger partial charge in [-0.2, -0.15) is 4.52 Å². The van der Waals surface area contributed by atoms with Crippen LogP contribution in [0.5, 0.6) is 0 Å². The second-order valence-electron chi connectivity index (χ2n) is 7.09. The molecule has 0 spiro atoms. The summed E-state index contributed by atoms with van der Waals surface area (Å²) in [5.41, 5.74) is 1.20. The minimum Gasteiger partial charge on any atom is -0.469 e. The molecule has 4 rings (SSSR count). The molecule has 0 N–H and O–H groups in total. The van der Waals surface area contributed by atoms with Crippen LogP contribution in [0.3, 0.4) is 0 Å². The SMILES string of the molecule is COC(=O)CCc1nnc2ccc(N3CC4C(C3)C4(C)C)nn12. The van der Waals surface area contributed by atoms with Crippen molar-refractivity contribution in [1.82, 2.24) is 19.8 Å². The van der Waals surface area contributed by atoms with Gasteiger partial charge < -0.3 is 9.64 Å². The number of aromatic nitrogens is 4. The van der Waals surface area contributed by atoms with Crippen LogP contribution in [-0.2, 0) is 16.0 Å². The van der Waals surface area contributed by atoms with Gasteiger partial charge in [-0.1, -0.05) is 13.8 Å². The molecule has 2 aromatic heterocycles. The first kappa shape index (κ1) is 14.4. The second kappa shape index (κ2) is 4.91. The molecule has 2 atom stereocenters. The molecule has 1 aliphatic heterocycles. The van der Waals surface area contributed by atoms with Gasteiger partial charge in [-0.15, -0.1) is 15.3 Å². The van der Waals surface area contributed by atoms with Crippen molar-refractivity contribution >= 4 is 17.4 Å². The summed E-state index contributed by atoms with van der Waals surface area (Å²) in [7, 11) is 1.39. The standard InChI is InChI=1S/C16H21N5O2/c1-16(2)10-8-20(9-11(10)16)14-5-4-12-17-18-13(21(12)19-14)6-7-15(22)23-3/h4-5,10-11H,6-9H2,1-3H3. The first-order valence-electron chi connectivity index (χ1n) is 8.04. The van der Waals surface area contributed by atoms with Gasteiger partial charge in [0, 0.05) is 19.5 Å². The van der Waals surface area contributed by atoms with E-state index in [2.05, 4.69) is 38.8 Å². The van der Waals surface area contributed by atoms with Crippen molar-refractivity contribution in [3.05, 3.63) is 18.0 Å². The molecular formula is C16H21N5O2. The van der Waals surface area contributed by atoms with E-state index in [4.69, 9.17) is 0 Å². The van der Waals surface area contributed by atoms with E-state index in [1.807, 2.05) is 12.1 Å². The van der Waals surface area contributed by atoms with E-state index in [0.717, 1.165) is 30.7 Å². The largest absolute Gasteiger partial charge is 0.469 e. The van der Waals surface area contributed by atoms with Gasteiger partial charge >= 0.3 is 5.97 Å². The molecule has 1 saturated carbocycles. The number of hydrogen-bond acceptors (Lipinski definition) is 6. The lowest BCUT2D eigenvalue weighted by Crippen LogP contribution is -2.27. The van der Waals surface area contributed by atoms with E-state index in [-0.39, 0.29) is 12.4 Å².